The van der Waals surface area contributed by atoms with Crippen molar-refractivity contribution in [2.45, 2.75) is 19.9 Å². The van der Waals surface area contributed by atoms with E-state index in [0.29, 0.717) is 0 Å². The van der Waals surface area contributed by atoms with Gasteiger partial charge in [0, 0.05) is 18.8 Å². The van der Waals surface area contributed by atoms with Crippen molar-refractivity contribution in [2.75, 3.05) is 7.11 Å². The third-order valence-electron chi connectivity index (χ3n) is 1.47. The van der Waals surface area contributed by atoms with E-state index in [9.17, 15) is 4.79 Å². The molecule has 0 aliphatic heterocycles. The molecule has 0 N–H and O–H groups in total. The van der Waals surface area contributed by atoms with Gasteiger partial charge in [-0.15, -0.1) is 5.10 Å². The van der Waals surface area contributed by atoms with Crippen molar-refractivity contribution in [1.29, 1.82) is 0 Å². The van der Waals surface area contributed by atoms with Gasteiger partial charge in [-0.25, -0.2) is 0 Å². The number of methoxy groups -OCH3 is 1. The highest BCUT2D eigenvalue weighted by atomic mass is 16.5. The van der Waals surface area contributed by atoms with Gasteiger partial charge in [-0.3, -0.25) is 9.48 Å². The van der Waals surface area contributed by atoms with Gasteiger partial charge in [-0.05, 0) is 6.42 Å². The zero-order chi connectivity index (χ0) is 8.97. The van der Waals surface area contributed by atoms with Crippen molar-refractivity contribution in [2.24, 2.45) is 0 Å². The van der Waals surface area contributed by atoms with Crippen molar-refractivity contribution >= 4 is 0 Å². The van der Waals surface area contributed by atoms with Crippen molar-refractivity contribution in [3.8, 4) is 5.88 Å². The molecule has 0 aromatic carbocycles. The SMILES string of the molecule is CCCn1ccc(=O)c(OC)n1. The molecule has 0 amide bonds. The molecule has 1 heterocycles. The smallest absolute Gasteiger partial charge is 0.279 e. The second kappa shape index (κ2) is 3.90. The third-order valence-corrected chi connectivity index (χ3v) is 1.47. The Morgan fingerprint density at radius 1 is 1.67 bits per heavy atom. The first-order valence-corrected chi connectivity index (χ1v) is 3.89. The van der Waals surface area contributed by atoms with E-state index < -0.39 is 0 Å². The molecule has 1 aromatic rings. The molecule has 0 aliphatic rings. The summed E-state index contributed by atoms with van der Waals surface area (Å²) in [6, 6.07) is 1.46. The number of rotatable bonds is 3. The summed E-state index contributed by atoms with van der Waals surface area (Å²) in [6.07, 6.45) is 2.65. The quantitative estimate of drug-likeness (QED) is 0.666. The highest BCUT2D eigenvalue weighted by Gasteiger charge is 1.99. The zero-order valence-electron chi connectivity index (χ0n) is 7.28. The van der Waals surface area contributed by atoms with E-state index in [1.54, 1.807) is 10.9 Å². The van der Waals surface area contributed by atoms with Gasteiger partial charge >= 0.3 is 0 Å². The summed E-state index contributed by atoms with van der Waals surface area (Å²) in [5.74, 6) is 0.158. The highest BCUT2D eigenvalue weighted by Crippen LogP contribution is 1.94. The fourth-order valence-corrected chi connectivity index (χ4v) is 0.919. The lowest BCUT2D eigenvalue weighted by molar-refractivity contribution is 0.373. The van der Waals surface area contributed by atoms with Gasteiger partial charge in [-0.2, -0.15) is 0 Å². The molecule has 0 radical (unpaired) electrons. The number of hydrogen-bond acceptors (Lipinski definition) is 3. The van der Waals surface area contributed by atoms with Crippen LogP contribution in [0, 0.1) is 0 Å². The predicted molar refractivity (Wildman–Crippen MR) is 45.3 cm³/mol. The summed E-state index contributed by atoms with van der Waals surface area (Å²) < 4.78 is 6.48. The summed E-state index contributed by atoms with van der Waals surface area (Å²) >= 11 is 0. The van der Waals surface area contributed by atoms with Crippen LogP contribution in [-0.4, -0.2) is 16.9 Å². The van der Waals surface area contributed by atoms with E-state index in [-0.39, 0.29) is 11.3 Å². The van der Waals surface area contributed by atoms with Crippen LogP contribution in [0.3, 0.4) is 0 Å². The van der Waals surface area contributed by atoms with Crippen molar-refractivity contribution in [3.63, 3.8) is 0 Å². The van der Waals surface area contributed by atoms with Crippen molar-refractivity contribution in [1.82, 2.24) is 9.78 Å². The van der Waals surface area contributed by atoms with Gasteiger partial charge in [-0.1, -0.05) is 6.92 Å². The Labute approximate surface area is 70.8 Å². The van der Waals surface area contributed by atoms with E-state index in [1.165, 1.54) is 13.2 Å². The van der Waals surface area contributed by atoms with E-state index in [1.807, 2.05) is 6.92 Å². The van der Waals surface area contributed by atoms with E-state index >= 15 is 0 Å². The maximum atomic E-state index is 11.0. The first-order valence-electron chi connectivity index (χ1n) is 3.89. The molecule has 0 unspecified atom stereocenters. The Bertz CT molecular complexity index is 306. The lowest BCUT2D eigenvalue weighted by atomic mass is 10.5. The molecule has 0 atom stereocenters. The van der Waals surface area contributed by atoms with Crippen LogP contribution in [0.1, 0.15) is 13.3 Å². The molecule has 66 valence electrons. The fourth-order valence-electron chi connectivity index (χ4n) is 0.919. The summed E-state index contributed by atoms with van der Waals surface area (Å²) in [5, 5.41) is 3.96. The minimum absolute atomic E-state index is 0.158. The van der Waals surface area contributed by atoms with Crippen molar-refractivity contribution < 1.29 is 4.74 Å². The molecule has 4 nitrogen and oxygen atoms in total. The molecule has 0 spiro atoms. The average Bonchev–Trinajstić information content (AvgIpc) is 2.09. The number of hydrogen-bond donors (Lipinski definition) is 0. The lowest BCUT2D eigenvalue weighted by Gasteiger charge is -2.03. The number of aromatic nitrogens is 2. The van der Waals surface area contributed by atoms with Gasteiger partial charge in [0.1, 0.15) is 0 Å². The van der Waals surface area contributed by atoms with Gasteiger partial charge in [0.25, 0.3) is 5.88 Å². The highest BCUT2D eigenvalue weighted by molar-refractivity contribution is 5.06. The number of aryl methyl sites for hydroxylation is 1. The summed E-state index contributed by atoms with van der Waals surface area (Å²) in [4.78, 5) is 11.0. The Hall–Kier alpha value is -1.32. The molecule has 1 aromatic heterocycles. The van der Waals surface area contributed by atoms with E-state index in [4.69, 9.17) is 4.74 Å². The fraction of sp³-hybridized carbons (Fsp3) is 0.500. The van der Waals surface area contributed by atoms with Crippen LogP contribution in [0.4, 0.5) is 0 Å². The van der Waals surface area contributed by atoms with Gasteiger partial charge < -0.3 is 4.74 Å². The van der Waals surface area contributed by atoms with E-state index in [0.717, 1.165) is 13.0 Å². The van der Waals surface area contributed by atoms with Crippen LogP contribution in [0.2, 0.25) is 0 Å². The standard InChI is InChI=1S/C8H12N2O2/c1-3-5-10-6-4-7(11)8(9-10)12-2/h4,6H,3,5H2,1-2H3. The second-order valence-electron chi connectivity index (χ2n) is 2.45. The minimum atomic E-state index is -0.176. The summed E-state index contributed by atoms with van der Waals surface area (Å²) in [7, 11) is 1.44. The average molecular weight is 168 g/mol. The largest absolute Gasteiger partial charge is 0.477 e. The molecule has 0 bridgehead atoms. The van der Waals surface area contributed by atoms with Gasteiger partial charge in [0.05, 0.1) is 7.11 Å². The molecule has 0 fully saturated rings. The Kier molecular flexibility index (Phi) is 2.85. The van der Waals surface area contributed by atoms with Gasteiger partial charge in [0.2, 0.25) is 5.43 Å². The van der Waals surface area contributed by atoms with Crippen LogP contribution < -0.4 is 10.2 Å². The normalized spacial score (nSPS) is 9.83. The van der Waals surface area contributed by atoms with Crippen LogP contribution in [0.5, 0.6) is 5.88 Å². The lowest BCUT2D eigenvalue weighted by Crippen LogP contribution is -2.13. The Morgan fingerprint density at radius 3 is 3.00 bits per heavy atom. The molecule has 1 rings (SSSR count). The molecule has 0 saturated heterocycles. The minimum Gasteiger partial charge on any atom is -0.477 e. The molecule has 0 saturated carbocycles. The molecular formula is C8H12N2O2. The topological polar surface area (TPSA) is 44.1 Å². The molecular weight excluding hydrogens is 156 g/mol. The monoisotopic (exact) mass is 168 g/mol. The first-order chi connectivity index (χ1) is 5.77. The van der Waals surface area contributed by atoms with Gasteiger partial charge in [0.15, 0.2) is 0 Å². The molecule has 4 heteroatoms. The van der Waals surface area contributed by atoms with E-state index in [2.05, 4.69) is 5.10 Å². The van der Waals surface area contributed by atoms with Crippen LogP contribution >= 0.6 is 0 Å². The zero-order valence-corrected chi connectivity index (χ0v) is 7.28. The maximum absolute atomic E-state index is 11.0. The van der Waals surface area contributed by atoms with Crippen LogP contribution in [0.25, 0.3) is 0 Å². The van der Waals surface area contributed by atoms with Crippen LogP contribution in [0.15, 0.2) is 17.1 Å². The first kappa shape index (κ1) is 8.77. The van der Waals surface area contributed by atoms with Crippen LogP contribution in [-0.2, 0) is 6.54 Å². The Morgan fingerprint density at radius 2 is 2.42 bits per heavy atom. The summed E-state index contributed by atoms with van der Waals surface area (Å²) in [5.41, 5.74) is -0.176. The second-order valence-corrected chi connectivity index (χ2v) is 2.45. The predicted octanol–water partition coefficient (Wildman–Crippen LogP) is 0.662. The maximum Gasteiger partial charge on any atom is 0.279 e. The number of nitrogens with zero attached hydrogens (tertiary/aromatic N) is 2. The van der Waals surface area contributed by atoms with Crippen molar-refractivity contribution in [3.05, 3.63) is 22.5 Å². The molecule has 12 heavy (non-hydrogen) atoms. The third kappa shape index (κ3) is 1.84. The Balaban J connectivity index is 2.97. The number of ether oxygens (including phenoxy) is 1. The summed E-state index contributed by atoms with van der Waals surface area (Å²) in [6.45, 7) is 2.85. The molecule has 0 aliphatic carbocycles.